The molecule has 0 spiro atoms. The zero-order valence-corrected chi connectivity index (χ0v) is 18.9. The molecule has 11 heteroatoms. The number of aromatic nitrogens is 3. The number of anilines is 1. The first-order valence-corrected chi connectivity index (χ1v) is 10.5. The van der Waals surface area contributed by atoms with Crippen molar-refractivity contribution in [3.8, 4) is 5.88 Å². The van der Waals surface area contributed by atoms with Crippen molar-refractivity contribution in [1.82, 2.24) is 20.1 Å². The molecule has 0 aliphatic rings. The van der Waals surface area contributed by atoms with Crippen LogP contribution in [0.15, 0.2) is 48.7 Å². The molecule has 3 N–H and O–H groups in total. The van der Waals surface area contributed by atoms with E-state index in [1.165, 1.54) is 7.05 Å². The topological polar surface area (TPSA) is 105 Å². The molecule has 0 saturated heterocycles. The van der Waals surface area contributed by atoms with Gasteiger partial charge in [0.25, 0.3) is 5.91 Å². The lowest BCUT2D eigenvalue weighted by atomic mass is 9.98. The van der Waals surface area contributed by atoms with Crippen LogP contribution in [0.1, 0.15) is 42.3 Å². The van der Waals surface area contributed by atoms with Crippen LogP contribution >= 0.6 is 0 Å². The van der Waals surface area contributed by atoms with Crippen LogP contribution in [0.4, 0.5) is 19.0 Å². The maximum Gasteiger partial charge on any atom is 0.417 e. The molecule has 1 aromatic carbocycles. The van der Waals surface area contributed by atoms with E-state index in [1.54, 1.807) is 54.2 Å². The van der Waals surface area contributed by atoms with Gasteiger partial charge in [-0.2, -0.15) is 23.3 Å². The summed E-state index contributed by atoms with van der Waals surface area (Å²) in [6.45, 7) is 3.77. The molecule has 0 bridgehead atoms. The number of benzene rings is 1. The smallest absolute Gasteiger partial charge is 0.417 e. The zero-order valence-electron chi connectivity index (χ0n) is 18.9. The van der Waals surface area contributed by atoms with E-state index in [1.807, 2.05) is 6.92 Å². The standard InChI is InChI=1S/C23H25F3N6O2/c1-4-32-17(10-11-29-32)14(2)30-18(33)13-34-19-12-16(23(24,25)26)20(22(28-3)31-19)21(27)15-8-6-5-7-9-15/h5-12,14,27H,4,13H2,1-3H3,(H,28,31)(H,30,33). The highest BCUT2D eigenvalue weighted by molar-refractivity contribution is 6.14. The number of halogens is 3. The molecule has 3 aromatic rings. The van der Waals surface area contributed by atoms with Crippen LogP contribution in [0.3, 0.4) is 0 Å². The summed E-state index contributed by atoms with van der Waals surface area (Å²) in [5.41, 5.74) is -0.736. The Morgan fingerprint density at radius 2 is 1.94 bits per heavy atom. The average molecular weight is 474 g/mol. The van der Waals surface area contributed by atoms with Crippen LogP contribution in [0, 0.1) is 5.41 Å². The number of nitrogens with zero attached hydrogens (tertiary/aromatic N) is 3. The first-order valence-electron chi connectivity index (χ1n) is 10.5. The van der Waals surface area contributed by atoms with Gasteiger partial charge in [-0.15, -0.1) is 0 Å². The normalized spacial score (nSPS) is 12.2. The van der Waals surface area contributed by atoms with E-state index >= 15 is 0 Å². The lowest BCUT2D eigenvalue weighted by molar-refractivity contribution is -0.137. The molecule has 1 amide bonds. The Labute approximate surface area is 194 Å². The predicted octanol–water partition coefficient (Wildman–Crippen LogP) is 4.03. The number of aryl methyl sites for hydroxylation is 1. The molecule has 0 fully saturated rings. The first kappa shape index (κ1) is 24.7. The quantitative estimate of drug-likeness (QED) is 0.406. The van der Waals surface area contributed by atoms with Crippen LogP contribution in [-0.2, 0) is 17.5 Å². The summed E-state index contributed by atoms with van der Waals surface area (Å²) >= 11 is 0. The van der Waals surface area contributed by atoms with Gasteiger partial charge in [0.2, 0.25) is 5.88 Å². The second-order valence-corrected chi connectivity index (χ2v) is 7.37. The number of hydrogen-bond acceptors (Lipinski definition) is 6. The highest BCUT2D eigenvalue weighted by Crippen LogP contribution is 2.37. The molecule has 3 rings (SSSR count). The van der Waals surface area contributed by atoms with E-state index in [4.69, 9.17) is 10.1 Å². The lowest BCUT2D eigenvalue weighted by Crippen LogP contribution is -2.32. The number of nitrogens with one attached hydrogen (secondary N) is 3. The number of carbonyl (C=O) groups is 1. The number of rotatable bonds is 9. The van der Waals surface area contributed by atoms with Crippen LogP contribution in [-0.4, -0.2) is 40.0 Å². The second-order valence-electron chi connectivity index (χ2n) is 7.37. The predicted molar refractivity (Wildman–Crippen MR) is 121 cm³/mol. The monoisotopic (exact) mass is 474 g/mol. The summed E-state index contributed by atoms with van der Waals surface area (Å²) in [5, 5.41) is 17.8. The minimum atomic E-state index is -4.78. The minimum absolute atomic E-state index is 0.181. The molecular formula is C23H25F3N6O2. The third-order valence-corrected chi connectivity index (χ3v) is 5.07. The van der Waals surface area contributed by atoms with Crippen LogP contribution in [0.5, 0.6) is 5.88 Å². The Hall–Kier alpha value is -3.89. The van der Waals surface area contributed by atoms with Crippen molar-refractivity contribution in [2.24, 2.45) is 0 Å². The van der Waals surface area contributed by atoms with E-state index in [0.29, 0.717) is 18.2 Å². The molecule has 0 aliphatic heterocycles. The summed E-state index contributed by atoms with van der Waals surface area (Å²) in [6, 6.07) is 10.2. The second kappa shape index (κ2) is 10.4. The molecule has 8 nitrogen and oxygen atoms in total. The van der Waals surface area contributed by atoms with Crippen molar-refractivity contribution < 1.29 is 22.7 Å². The van der Waals surface area contributed by atoms with Gasteiger partial charge in [-0.3, -0.25) is 14.9 Å². The molecule has 0 radical (unpaired) electrons. The fraction of sp³-hybridized carbons (Fsp3) is 0.304. The molecule has 180 valence electrons. The highest BCUT2D eigenvalue weighted by atomic mass is 19.4. The van der Waals surface area contributed by atoms with Gasteiger partial charge in [0.15, 0.2) is 6.61 Å². The number of hydrogen-bond donors (Lipinski definition) is 3. The van der Waals surface area contributed by atoms with Gasteiger partial charge < -0.3 is 15.4 Å². The summed E-state index contributed by atoms with van der Waals surface area (Å²) in [6.07, 6.45) is -3.16. The number of alkyl halides is 3. The first-order chi connectivity index (χ1) is 16.2. The molecule has 1 atom stereocenters. The number of carbonyl (C=O) groups excluding carboxylic acids is 1. The maximum atomic E-state index is 13.9. The fourth-order valence-electron chi connectivity index (χ4n) is 3.47. The number of amides is 1. The summed E-state index contributed by atoms with van der Waals surface area (Å²) in [7, 11) is 1.40. The Bertz CT molecular complexity index is 1160. The van der Waals surface area contributed by atoms with E-state index in [0.717, 1.165) is 5.69 Å². The molecule has 2 heterocycles. The molecule has 1 unspecified atom stereocenters. The third-order valence-electron chi connectivity index (χ3n) is 5.07. The van der Waals surface area contributed by atoms with E-state index < -0.39 is 29.8 Å². The van der Waals surface area contributed by atoms with E-state index in [9.17, 15) is 18.0 Å². The summed E-state index contributed by atoms with van der Waals surface area (Å²) < 4.78 is 48.8. The lowest BCUT2D eigenvalue weighted by Gasteiger charge is -2.19. The Morgan fingerprint density at radius 1 is 1.24 bits per heavy atom. The molecule has 0 saturated carbocycles. The Morgan fingerprint density at radius 3 is 2.56 bits per heavy atom. The van der Waals surface area contributed by atoms with Gasteiger partial charge in [-0.25, -0.2) is 0 Å². The molecule has 2 aromatic heterocycles. The minimum Gasteiger partial charge on any atom is -0.467 e. The average Bonchev–Trinajstić information content (AvgIpc) is 3.31. The summed E-state index contributed by atoms with van der Waals surface area (Å²) in [4.78, 5) is 16.4. The van der Waals surface area contributed by atoms with Crippen molar-refractivity contribution in [3.63, 3.8) is 0 Å². The molecule has 34 heavy (non-hydrogen) atoms. The van der Waals surface area contributed by atoms with Crippen LogP contribution in [0.25, 0.3) is 0 Å². The van der Waals surface area contributed by atoms with Crippen molar-refractivity contribution in [3.05, 3.63) is 71.0 Å². The highest BCUT2D eigenvalue weighted by Gasteiger charge is 2.37. The SMILES string of the molecule is CCn1nccc1C(C)NC(=O)COc1cc(C(F)(F)F)c(C(=N)c2ccccc2)c(NC)n1. The maximum absolute atomic E-state index is 13.9. The van der Waals surface area contributed by atoms with Crippen LogP contribution in [0.2, 0.25) is 0 Å². The van der Waals surface area contributed by atoms with Gasteiger partial charge in [0.1, 0.15) is 5.82 Å². The number of pyridine rings is 1. The Balaban J connectivity index is 1.82. The Kier molecular flexibility index (Phi) is 7.54. The number of ether oxygens (including phenoxy) is 1. The van der Waals surface area contributed by atoms with Gasteiger partial charge in [-0.05, 0) is 19.9 Å². The van der Waals surface area contributed by atoms with E-state index in [-0.39, 0.29) is 23.5 Å². The van der Waals surface area contributed by atoms with Crippen LogP contribution < -0.4 is 15.4 Å². The van der Waals surface area contributed by atoms with Gasteiger partial charge in [0, 0.05) is 31.4 Å². The van der Waals surface area contributed by atoms with Crippen molar-refractivity contribution in [1.29, 1.82) is 5.41 Å². The zero-order chi connectivity index (χ0) is 24.9. The summed E-state index contributed by atoms with van der Waals surface area (Å²) in [5.74, 6) is -1.10. The van der Waals surface area contributed by atoms with Crippen molar-refractivity contribution in [2.75, 3.05) is 19.0 Å². The largest absolute Gasteiger partial charge is 0.467 e. The van der Waals surface area contributed by atoms with Gasteiger partial charge in [0.05, 0.1) is 28.6 Å². The van der Waals surface area contributed by atoms with E-state index in [2.05, 4.69) is 20.7 Å². The molecule has 0 aliphatic carbocycles. The van der Waals surface area contributed by atoms with Gasteiger partial charge >= 0.3 is 6.18 Å². The van der Waals surface area contributed by atoms with Crippen molar-refractivity contribution >= 4 is 17.4 Å². The fourth-order valence-corrected chi connectivity index (χ4v) is 3.47. The van der Waals surface area contributed by atoms with Crippen molar-refractivity contribution in [2.45, 2.75) is 32.6 Å². The third kappa shape index (κ3) is 5.53. The molecular weight excluding hydrogens is 449 g/mol. The van der Waals surface area contributed by atoms with Gasteiger partial charge in [-0.1, -0.05) is 30.3 Å².